The van der Waals surface area contributed by atoms with E-state index in [1.807, 2.05) is 0 Å². The minimum atomic E-state index is -4.57. The number of hydrogen-bond donors (Lipinski definition) is 0. The molecule has 0 saturated carbocycles. The predicted octanol–water partition coefficient (Wildman–Crippen LogP) is 2.84. The van der Waals surface area contributed by atoms with Gasteiger partial charge in [-0.05, 0) is 30.9 Å². The molecular weight excluding hydrogens is 297 g/mol. The van der Waals surface area contributed by atoms with Crippen LogP contribution in [0.4, 0.5) is 13.2 Å². The van der Waals surface area contributed by atoms with Gasteiger partial charge in [0.25, 0.3) is 5.56 Å². The maximum Gasteiger partial charge on any atom is 0.417 e. The van der Waals surface area contributed by atoms with Crippen LogP contribution >= 0.6 is 0 Å². The van der Waals surface area contributed by atoms with E-state index >= 15 is 0 Å². The highest BCUT2D eigenvalue weighted by Crippen LogP contribution is 2.32. The third kappa shape index (κ3) is 2.85. The Hall–Kier alpha value is -1.89. The summed E-state index contributed by atoms with van der Waals surface area (Å²) in [6.07, 6.45) is -1.64. The van der Waals surface area contributed by atoms with Crippen molar-refractivity contribution in [3.8, 4) is 0 Å². The molecule has 118 valence electrons. The zero-order valence-corrected chi connectivity index (χ0v) is 11.8. The summed E-state index contributed by atoms with van der Waals surface area (Å²) in [6.45, 7) is 1.61. The van der Waals surface area contributed by atoms with Crippen molar-refractivity contribution in [1.82, 2.24) is 9.55 Å². The molecule has 7 heteroatoms. The van der Waals surface area contributed by atoms with Gasteiger partial charge in [-0.3, -0.25) is 9.36 Å². The van der Waals surface area contributed by atoms with Gasteiger partial charge in [0, 0.05) is 19.8 Å². The number of hydrogen-bond acceptors (Lipinski definition) is 3. The second kappa shape index (κ2) is 5.72. The van der Waals surface area contributed by atoms with Crippen LogP contribution in [0.1, 0.15) is 18.4 Å². The van der Waals surface area contributed by atoms with Crippen molar-refractivity contribution < 1.29 is 17.9 Å². The first-order valence-corrected chi connectivity index (χ1v) is 7.10. The van der Waals surface area contributed by atoms with E-state index in [0.29, 0.717) is 19.8 Å². The van der Waals surface area contributed by atoms with Gasteiger partial charge >= 0.3 is 6.18 Å². The Kier molecular flexibility index (Phi) is 3.90. The molecule has 2 aromatic rings. The molecule has 1 saturated heterocycles. The molecule has 1 aliphatic rings. The molecule has 0 spiro atoms. The van der Waals surface area contributed by atoms with E-state index in [9.17, 15) is 18.0 Å². The molecule has 0 unspecified atom stereocenters. The first-order chi connectivity index (χ1) is 10.5. The lowest BCUT2D eigenvalue weighted by Gasteiger charge is -2.22. The van der Waals surface area contributed by atoms with Crippen LogP contribution in [0, 0.1) is 5.92 Å². The molecule has 0 bridgehead atoms. The second-order valence-corrected chi connectivity index (χ2v) is 5.46. The monoisotopic (exact) mass is 312 g/mol. The summed E-state index contributed by atoms with van der Waals surface area (Å²) < 4.78 is 45.8. The molecule has 0 aliphatic carbocycles. The van der Waals surface area contributed by atoms with E-state index in [1.165, 1.54) is 23.0 Å². The summed E-state index contributed by atoms with van der Waals surface area (Å²) in [5, 5.41) is -0.357. The highest BCUT2D eigenvalue weighted by atomic mass is 19.4. The summed E-state index contributed by atoms with van der Waals surface area (Å²) in [4.78, 5) is 16.5. The Bertz CT molecular complexity index is 734. The van der Waals surface area contributed by atoms with Crippen LogP contribution in [-0.2, 0) is 17.5 Å². The maximum absolute atomic E-state index is 13.1. The average molecular weight is 312 g/mol. The van der Waals surface area contributed by atoms with Gasteiger partial charge in [-0.2, -0.15) is 13.2 Å². The fourth-order valence-corrected chi connectivity index (χ4v) is 2.77. The molecule has 1 fully saturated rings. The first-order valence-electron chi connectivity index (χ1n) is 7.10. The first kappa shape index (κ1) is 15.0. The quantitative estimate of drug-likeness (QED) is 0.856. The Morgan fingerprint density at radius 1 is 1.27 bits per heavy atom. The van der Waals surface area contributed by atoms with Crippen molar-refractivity contribution in [2.45, 2.75) is 25.6 Å². The van der Waals surface area contributed by atoms with Crippen molar-refractivity contribution in [3.05, 3.63) is 40.4 Å². The van der Waals surface area contributed by atoms with Crippen LogP contribution < -0.4 is 5.56 Å². The minimum absolute atomic E-state index is 0.0723. The molecule has 0 atom stereocenters. The summed E-state index contributed by atoms with van der Waals surface area (Å²) in [6, 6.07) is 3.61. The summed E-state index contributed by atoms with van der Waals surface area (Å²) in [5.41, 5.74) is -1.49. The van der Waals surface area contributed by atoms with E-state index in [4.69, 9.17) is 4.74 Å². The summed E-state index contributed by atoms with van der Waals surface area (Å²) in [5.74, 6) is 0.226. The van der Waals surface area contributed by atoms with Crippen LogP contribution in [0.5, 0.6) is 0 Å². The Balaban J connectivity index is 2.06. The molecule has 1 aliphatic heterocycles. The molecule has 2 heterocycles. The SMILES string of the molecule is O=c1c2c(C(F)(F)F)cccc2ncn1CC1CCOCC1. The normalized spacial score (nSPS) is 17.0. The van der Waals surface area contributed by atoms with E-state index in [0.717, 1.165) is 18.9 Å². The highest BCUT2D eigenvalue weighted by Gasteiger charge is 2.34. The smallest absolute Gasteiger partial charge is 0.381 e. The van der Waals surface area contributed by atoms with Gasteiger partial charge in [-0.1, -0.05) is 6.07 Å². The average Bonchev–Trinajstić information content (AvgIpc) is 2.50. The largest absolute Gasteiger partial charge is 0.417 e. The fraction of sp³-hybridized carbons (Fsp3) is 0.467. The molecule has 0 N–H and O–H groups in total. The molecule has 4 nitrogen and oxygen atoms in total. The number of rotatable bonds is 2. The van der Waals surface area contributed by atoms with Crippen LogP contribution in [0.2, 0.25) is 0 Å². The highest BCUT2D eigenvalue weighted by molar-refractivity contribution is 5.81. The lowest BCUT2D eigenvalue weighted by atomic mass is 10.0. The standard InChI is InChI=1S/C15H15F3N2O2/c16-15(17,18)11-2-1-3-12-13(11)14(21)20(9-19-12)8-10-4-6-22-7-5-10/h1-3,9-10H,4-8H2. The zero-order chi connectivity index (χ0) is 15.7. The topological polar surface area (TPSA) is 44.1 Å². The number of ether oxygens (including phenoxy) is 1. The van der Waals surface area contributed by atoms with Gasteiger partial charge in [0.2, 0.25) is 0 Å². The van der Waals surface area contributed by atoms with Gasteiger partial charge in [-0.15, -0.1) is 0 Å². The molecule has 0 amide bonds. The van der Waals surface area contributed by atoms with Crippen molar-refractivity contribution in [2.75, 3.05) is 13.2 Å². The molecule has 0 radical (unpaired) electrons. The molecule has 1 aromatic carbocycles. The third-order valence-electron chi connectivity index (χ3n) is 3.95. The fourth-order valence-electron chi connectivity index (χ4n) is 2.77. The van der Waals surface area contributed by atoms with Crippen molar-refractivity contribution in [2.24, 2.45) is 5.92 Å². The van der Waals surface area contributed by atoms with Crippen molar-refractivity contribution >= 4 is 10.9 Å². The second-order valence-electron chi connectivity index (χ2n) is 5.46. The number of halogens is 3. The minimum Gasteiger partial charge on any atom is -0.381 e. The molecule has 1 aromatic heterocycles. The Labute approximate surface area is 124 Å². The summed E-state index contributed by atoms with van der Waals surface area (Å²) in [7, 11) is 0. The molecule has 3 rings (SSSR count). The van der Waals surface area contributed by atoms with E-state index < -0.39 is 17.3 Å². The van der Waals surface area contributed by atoms with Gasteiger partial charge in [0.05, 0.1) is 22.8 Å². The van der Waals surface area contributed by atoms with Gasteiger partial charge in [-0.25, -0.2) is 4.98 Å². The third-order valence-corrected chi connectivity index (χ3v) is 3.95. The van der Waals surface area contributed by atoms with Crippen LogP contribution in [-0.4, -0.2) is 22.8 Å². The number of alkyl halides is 3. The van der Waals surface area contributed by atoms with E-state index in [1.54, 1.807) is 0 Å². The van der Waals surface area contributed by atoms with Crippen LogP contribution in [0.3, 0.4) is 0 Å². The zero-order valence-electron chi connectivity index (χ0n) is 11.8. The lowest BCUT2D eigenvalue weighted by Crippen LogP contribution is -2.28. The lowest BCUT2D eigenvalue weighted by molar-refractivity contribution is -0.136. The van der Waals surface area contributed by atoms with Crippen LogP contribution in [0.25, 0.3) is 10.9 Å². The number of aromatic nitrogens is 2. The maximum atomic E-state index is 13.1. The predicted molar refractivity (Wildman–Crippen MR) is 74.5 cm³/mol. The van der Waals surface area contributed by atoms with Crippen LogP contribution in [0.15, 0.2) is 29.3 Å². The molecule has 22 heavy (non-hydrogen) atoms. The number of fused-ring (bicyclic) bond motifs is 1. The number of nitrogens with zero attached hydrogens (tertiary/aromatic N) is 2. The Morgan fingerprint density at radius 2 is 2.00 bits per heavy atom. The van der Waals surface area contributed by atoms with Gasteiger partial charge < -0.3 is 4.74 Å². The van der Waals surface area contributed by atoms with E-state index in [-0.39, 0.29) is 16.8 Å². The summed E-state index contributed by atoms with van der Waals surface area (Å²) >= 11 is 0. The molecular formula is C15H15F3N2O2. The van der Waals surface area contributed by atoms with Gasteiger partial charge in [0.1, 0.15) is 0 Å². The van der Waals surface area contributed by atoms with Crippen molar-refractivity contribution in [1.29, 1.82) is 0 Å². The van der Waals surface area contributed by atoms with Gasteiger partial charge in [0.15, 0.2) is 0 Å². The number of benzene rings is 1. The van der Waals surface area contributed by atoms with Crippen molar-refractivity contribution in [3.63, 3.8) is 0 Å². The Morgan fingerprint density at radius 3 is 2.68 bits per heavy atom. The van der Waals surface area contributed by atoms with E-state index in [2.05, 4.69) is 4.98 Å².